The van der Waals surface area contributed by atoms with Crippen LogP contribution in [0.3, 0.4) is 0 Å². The first-order chi connectivity index (χ1) is 12.6. The van der Waals surface area contributed by atoms with Crippen molar-refractivity contribution in [1.82, 2.24) is 10.2 Å². The van der Waals surface area contributed by atoms with E-state index in [4.69, 9.17) is 31.5 Å². The minimum absolute atomic E-state index is 0.225. The van der Waals surface area contributed by atoms with Gasteiger partial charge < -0.3 is 30.2 Å². The highest BCUT2D eigenvalue weighted by Crippen LogP contribution is 2.28. The minimum atomic E-state index is -0.565. The summed E-state index contributed by atoms with van der Waals surface area (Å²) in [5.74, 6) is -0.0407. The van der Waals surface area contributed by atoms with Gasteiger partial charge in [0.1, 0.15) is 11.4 Å². The van der Waals surface area contributed by atoms with E-state index in [2.05, 4.69) is 5.32 Å². The maximum Gasteiger partial charge on any atom is 0.410 e. The monoisotopic (exact) mass is 399 g/mol. The van der Waals surface area contributed by atoms with Gasteiger partial charge in [0, 0.05) is 19.2 Å². The standard InChI is InChI=1S/C18H26ClN3O5/c1-18(2,3)27-17(24)22-5-6-26-11(10-22)9-21-16(23)12-7-13(19)14(20)8-15(12)25-4/h7-8,11H,5-6,9-10,20H2,1-4H3,(H,21,23)/t11-/m0/s1. The van der Waals surface area contributed by atoms with Crippen LogP contribution >= 0.6 is 11.6 Å². The molecule has 1 aliphatic rings. The second-order valence-electron chi connectivity index (χ2n) is 7.20. The lowest BCUT2D eigenvalue weighted by Crippen LogP contribution is -2.50. The molecule has 2 amide bonds. The van der Waals surface area contributed by atoms with Gasteiger partial charge in [0.05, 0.1) is 42.6 Å². The van der Waals surface area contributed by atoms with Gasteiger partial charge in [-0.25, -0.2) is 4.79 Å². The van der Waals surface area contributed by atoms with Crippen molar-refractivity contribution >= 4 is 29.3 Å². The molecule has 27 heavy (non-hydrogen) atoms. The van der Waals surface area contributed by atoms with Crippen LogP contribution in [0.15, 0.2) is 12.1 Å². The topological polar surface area (TPSA) is 103 Å². The Bertz CT molecular complexity index is 705. The van der Waals surface area contributed by atoms with Crippen LogP contribution in [0.2, 0.25) is 5.02 Å². The van der Waals surface area contributed by atoms with Crippen molar-refractivity contribution in [3.63, 3.8) is 0 Å². The summed E-state index contributed by atoms with van der Waals surface area (Å²) in [6.07, 6.45) is -0.737. The summed E-state index contributed by atoms with van der Waals surface area (Å²) in [6, 6.07) is 2.96. The van der Waals surface area contributed by atoms with Gasteiger partial charge in [0.15, 0.2) is 0 Å². The van der Waals surface area contributed by atoms with Crippen molar-refractivity contribution in [2.45, 2.75) is 32.5 Å². The van der Waals surface area contributed by atoms with Crippen molar-refractivity contribution in [3.8, 4) is 5.75 Å². The molecule has 1 heterocycles. The Balaban J connectivity index is 1.95. The van der Waals surface area contributed by atoms with Gasteiger partial charge in [0.2, 0.25) is 0 Å². The number of carbonyl (C=O) groups is 2. The molecule has 0 unspecified atom stereocenters. The smallest absolute Gasteiger partial charge is 0.410 e. The molecule has 0 bridgehead atoms. The molecule has 2 rings (SSSR count). The Kier molecular flexibility index (Phi) is 6.78. The molecule has 1 fully saturated rings. The predicted molar refractivity (Wildman–Crippen MR) is 102 cm³/mol. The molecule has 3 N–H and O–H groups in total. The highest BCUT2D eigenvalue weighted by Gasteiger charge is 2.28. The number of anilines is 1. The molecule has 1 aliphatic heterocycles. The third-order valence-corrected chi connectivity index (χ3v) is 4.17. The molecule has 9 heteroatoms. The molecule has 0 spiro atoms. The van der Waals surface area contributed by atoms with E-state index in [1.165, 1.54) is 19.2 Å². The van der Waals surface area contributed by atoms with Crippen LogP contribution in [-0.4, -0.2) is 62.0 Å². The fourth-order valence-electron chi connectivity index (χ4n) is 2.55. The van der Waals surface area contributed by atoms with Crippen LogP contribution in [-0.2, 0) is 9.47 Å². The number of nitrogens with two attached hydrogens (primary N) is 1. The number of nitrogens with one attached hydrogen (secondary N) is 1. The average molecular weight is 400 g/mol. The molecular weight excluding hydrogens is 374 g/mol. The maximum absolute atomic E-state index is 12.5. The van der Waals surface area contributed by atoms with E-state index >= 15 is 0 Å². The largest absolute Gasteiger partial charge is 0.496 e. The second-order valence-corrected chi connectivity index (χ2v) is 7.61. The molecule has 150 valence electrons. The number of ether oxygens (including phenoxy) is 3. The van der Waals surface area contributed by atoms with E-state index in [0.29, 0.717) is 31.1 Å². The molecular formula is C18H26ClN3O5. The van der Waals surface area contributed by atoms with E-state index in [1.54, 1.807) is 4.90 Å². The van der Waals surface area contributed by atoms with E-state index in [9.17, 15) is 9.59 Å². The average Bonchev–Trinajstić information content (AvgIpc) is 2.60. The van der Waals surface area contributed by atoms with Gasteiger partial charge in [-0.05, 0) is 26.8 Å². The number of rotatable bonds is 4. The first kappa shape index (κ1) is 21.1. The molecule has 0 aromatic heterocycles. The van der Waals surface area contributed by atoms with Crippen molar-refractivity contribution in [3.05, 3.63) is 22.7 Å². The summed E-state index contributed by atoms with van der Waals surface area (Å²) in [5.41, 5.74) is 5.77. The quantitative estimate of drug-likeness (QED) is 0.753. The Morgan fingerprint density at radius 2 is 2.11 bits per heavy atom. The summed E-state index contributed by atoms with van der Waals surface area (Å²) in [5, 5.41) is 3.05. The number of hydrogen-bond donors (Lipinski definition) is 2. The number of benzene rings is 1. The van der Waals surface area contributed by atoms with E-state index in [1.807, 2.05) is 20.8 Å². The van der Waals surface area contributed by atoms with Crippen LogP contribution in [0, 0.1) is 0 Å². The number of nitrogens with zero attached hydrogens (tertiary/aromatic N) is 1. The number of hydrogen-bond acceptors (Lipinski definition) is 6. The highest BCUT2D eigenvalue weighted by molar-refractivity contribution is 6.33. The zero-order valence-electron chi connectivity index (χ0n) is 16.0. The van der Waals surface area contributed by atoms with E-state index < -0.39 is 11.7 Å². The van der Waals surface area contributed by atoms with Gasteiger partial charge in [0.25, 0.3) is 5.91 Å². The van der Waals surface area contributed by atoms with Crippen molar-refractivity contribution < 1.29 is 23.8 Å². The first-order valence-corrected chi connectivity index (χ1v) is 8.99. The number of methoxy groups -OCH3 is 1. The number of amides is 2. The minimum Gasteiger partial charge on any atom is -0.496 e. The Hall–Kier alpha value is -2.19. The van der Waals surface area contributed by atoms with Crippen molar-refractivity contribution in [1.29, 1.82) is 0 Å². The Labute approximate surface area is 163 Å². The molecule has 8 nitrogen and oxygen atoms in total. The first-order valence-electron chi connectivity index (χ1n) is 8.61. The van der Waals surface area contributed by atoms with Crippen LogP contribution < -0.4 is 15.8 Å². The Morgan fingerprint density at radius 1 is 1.41 bits per heavy atom. The zero-order valence-corrected chi connectivity index (χ0v) is 16.8. The van der Waals surface area contributed by atoms with Crippen LogP contribution in [0.4, 0.5) is 10.5 Å². The van der Waals surface area contributed by atoms with Gasteiger partial charge >= 0.3 is 6.09 Å². The molecule has 1 saturated heterocycles. The Morgan fingerprint density at radius 3 is 2.74 bits per heavy atom. The predicted octanol–water partition coefficient (Wildman–Crippen LogP) is 2.30. The van der Waals surface area contributed by atoms with Crippen molar-refractivity contribution in [2.24, 2.45) is 0 Å². The normalized spacial score (nSPS) is 17.4. The van der Waals surface area contributed by atoms with Crippen LogP contribution in [0.25, 0.3) is 0 Å². The number of carbonyl (C=O) groups excluding carboxylic acids is 2. The zero-order chi connectivity index (χ0) is 20.2. The van der Waals surface area contributed by atoms with Gasteiger partial charge in [-0.3, -0.25) is 4.79 Å². The molecule has 0 aliphatic carbocycles. The molecule has 0 saturated carbocycles. The fourth-order valence-corrected chi connectivity index (χ4v) is 2.72. The van der Waals surface area contributed by atoms with E-state index in [-0.39, 0.29) is 29.1 Å². The number of nitrogen functional groups attached to an aromatic ring is 1. The SMILES string of the molecule is COc1cc(N)c(Cl)cc1C(=O)NC[C@H]1CN(C(=O)OC(C)(C)C)CCO1. The van der Waals surface area contributed by atoms with Crippen LogP contribution in [0.5, 0.6) is 5.75 Å². The second kappa shape index (κ2) is 8.67. The maximum atomic E-state index is 12.5. The summed E-state index contributed by atoms with van der Waals surface area (Å²) in [4.78, 5) is 26.2. The van der Waals surface area contributed by atoms with Crippen LogP contribution in [0.1, 0.15) is 31.1 Å². The van der Waals surface area contributed by atoms with Gasteiger partial charge in [-0.2, -0.15) is 0 Å². The lowest BCUT2D eigenvalue weighted by atomic mass is 10.1. The van der Waals surface area contributed by atoms with E-state index in [0.717, 1.165) is 0 Å². The third-order valence-electron chi connectivity index (χ3n) is 3.84. The number of morpholine rings is 1. The van der Waals surface area contributed by atoms with Crippen molar-refractivity contribution in [2.75, 3.05) is 39.1 Å². The number of halogens is 1. The highest BCUT2D eigenvalue weighted by atomic mass is 35.5. The molecule has 0 radical (unpaired) electrons. The molecule has 1 aromatic carbocycles. The summed E-state index contributed by atoms with van der Waals surface area (Å²) >= 11 is 6.00. The van der Waals surface area contributed by atoms with Gasteiger partial charge in [-0.1, -0.05) is 11.6 Å². The summed E-state index contributed by atoms with van der Waals surface area (Å²) in [6.45, 7) is 6.81. The lowest BCUT2D eigenvalue weighted by Gasteiger charge is -2.34. The summed E-state index contributed by atoms with van der Waals surface area (Å²) in [7, 11) is 1.45. The molecule has 1 aromatic rings. The van der Waals surface area contributed by atoms with Gasteiger partial charge in [-0.15, -0.1) is 0 Å². The third kappa shape index (κ3) is 5.90. The molecule has 1 atom stereocenters. The fraction of sp³-hybridized carbons (Fsp3) is 0.556. The summed E-state index contributed by atoms with van der Waals surface area (Å²) < 4.78 is 16.2. The lowest BCUT2D eigenvalue weighted by molar-refractivity contribution is -0.0404.